The number of nitrogens with one attached hydrogen (secondary N) is 2. The van der Waals surface area contributed by atoms with E-state index in [9.17, 15) is 4.79 Å². The Morgan fingerprint density at radius 3 is 3.00 bits per heavy atom. The van der Waals surface area contributed by atoms with Gasteiger partial charge in [0.1, 0.15) is 0 Å². The number of rotatable bonds is 5. The lowest BCUT2D eigenvalue weighted by atomic mass is 10.1. The molecule has 0 atom stereocenters. The lowest BCUT2D eigenvalue weighted by Gasteiger charge is -2.29. The lowest BCUT2D eigenvalue weighted by Crippen LogP contribution is -2.47. The van der Waals surface area contributed by atoms with Gasteiger partial charge in [0.2, 0.25) is 5.91 Å². The second kappa shape index (κ2) is 6.91. The maximum atomic E-state index is 11.4. The van der Waals surface area contributed by atoms with Crippen LogP contribution >= 0.6 is 15.9 Å². The van der Waals surface area contributed by atoms with E-state index in [1.807, 2.05) is 0 Å². The topological polar surface area (TPSA) is 44.4 Å². The predicted molar refractivity (Wildman–Crippen MR) is 81.4 cm³/mol. The number of carbonyl (C=O) groups is 1. The number of carbonyl (C=O) groups excluding carboxylic acids is 1. The fourth-order valence-corrected chi connectivity index (χ4v) is 2.64. The number of anilines is 1. The van der Waals surface area contributed by atoms with Gasteiger partial charge in [-0.1, -0.05) is 28.9 Å². The third kappa shape index (κ3) is 3.94. The van der Waals surface area contributed by atoms with Gasteiger partial charge in [0.15, 0.2) is 0 Å². The number of benzene rings is 1. The van der Waals surface area contributed by atoms with Gasteiger partial charge in [0, 0.05) is 29.8 Å². The quantitative estimate of drug-likeness (QED) is 0.812. The van der Waals surface area contributed by atoms with Gasteiger partial charge in [-0.25, -0.2) is 0 Å². The van der Waals surface area contributed by atoms with Crippen LogP contribution in [0.3, 0.4) is 0 Å². The number of piperazine rings is 1. The minimum absolute atomic E-state index is 0.0936. The van der Waals surface area contributed by atoms with Gasteiger partial charge in [-0.2, -0.15) is 0 Å². The van der Waals surface area contributed by atoms with Crippen molar-refractivity contribution in [2.75, 3.05) is 31.1 Å². The van der Waals surface area contributed by atoms with Crippen molar-refractivity contribution in [3.63, 3.8) is 0 Å². The Bertz CT molecular complexity index is 450. The molecule has 1 aliphatic heterocycles. The molecule has 2 rings (SSSR count). The van der Waals surface area contributed by atoms with E-state index in [0.717, 1.165) is 42.8 Å². The minimum atomic E-state index is 0.0936. The highest BCUT2D eigenvalue weighted by Gasteiger charge is 2.16. The summed E-state index contributed by atoms with van der Waals surface area (Å²) in [5.41, 5.74) is 2.35. The number of amides is 1. The van der Waals surface area contributed by atoms with Crippen LogP contribution in [0.5, 0.6) is 0 Å². The zero-order valence-corrected chi connectivity index (χ0v) is 12.8. The first-order valence-corrected chi connectivity index (χ1v) is 7.51. The Balaban J connectivity index is 2.03. The van der Waals surface area contributed by atoms with Crippen molar-refractivity contribution in [1.29, 1.82) is 0 Å². The van der Waals surface area contributed by atoms with E-state index in [1.165, 1.54) is 5.56 Å². The fraction of sp³-hybridized carbons (Fsp3) is 0.500. The second-order valence-electron chi connectivity index (χ2n) is 4.72. The van der Waals surface area contributed by atoms with Crippen LogP contribution in [0.1, 0.15) is 18.9 Å². The molecule has 1 fully saturated rings. The van der Waals surface area contributed by atoms with Gasteiger partial charge in [-0.05, 0) is 30.7 Å². The van der Waals surface area contributed by atoms with E-state index in [2.05, 4.69) is 56.6 Å². The van der Waals surface area contributed by atoms with E-state index in [0.29, 0.717) is 6.54 Å². The average Bonchev–Trinajstić information content (AvgIpc) is 2.41. The summed E-state index contributed by atoms with van der Waals surface area (Å²) in [6.07, 6.45) is 1.14. The van der Waals surface area contributed by atoms with Crippen LogP contribution in [0.15, 0.2) is 22.7 Å². The van der Waals surface area contributed by atoms with Gasteiger partial charge in [-0.15, -0.1) is 0 Å². The molecular weight excluding hydrogens is 306 g/mol. The molecule has 0 saturated carbocycles. The van der Waals surface area contributed by atoms with Gasteiger partial charge < -0.3 is 15.5 Å². The molecule has 1 aliphatic rings. The molecule has 1 aromatic carbocycles. The highest BCUT2D eigenvalue weighted by atomic mass is 79.9. The van der Waals surface area contributed by atoms with E-state index >= 15 is 0 Å². The predicted octanol–water partition coefficient (Wildman–Crippen LogP) is 1.88. The molecule has 5 heteroatoms. The largest absolute Gasteiger partial charge is 0.360 e. The number of hydrogen-bond acceptors (Lipinski definition) is 3. The molecule has 0 spiro atoms. The van der Waals surface area contributed by atoms with Crippen LogP contribution in [0.4, 0.5) is 5.69 Å². The normalized spacial score (nSPS) is 15.5. The molecule has 1 heterocycles. The maximum absolute atomic E-state index is 11.4. The Morgan fingerprint density at radius 1 is 1.47 bits per heavy atom. The third-order valence-electron chi connectivity index (χ3n) is 3.18. The Morgan fingerprint density at radius 2 is 2.32 bits per heavy atom. The summed E-state index contributed by atoms with van der Waals surface area (Å²) >= 11 is 3.61. The molecule has 1 aromatic rings. The monoisotopic (exact) mass is 325 g/mol. The van der Waals surface area contributed by atoms with E-state index in [4.69, 9.17) is 0 Å². The van der Waals surface area contributed by atoms with Crippen molar-refractivity contribution >= 4 is 27.5 Å². The molecule has 0 aliphatic carbocycles. The molecule has 4 nitrogen and oxygen atoms in total. The molecule has 104 valence electrons. The summed E-state index contributed by atoms with van der Waals surface area (Å²) in [5.74, 6) is 0.0936. The number of halogens is 1. The highest BCUT2D eigenvalue weighted by molar-refractivity contribution is 9.10. The van der Waals surface area contributed by atoms with Crippen molar-refractivity contribution in [2.45, 2.75) is 19.9 Å². The molecule has 0 radical (unpaired) electrons. The zero-order chi connectivity index (χ0) is 13.7. The van der Waals surface area contributed by atoms with Crippen LogP contribution < -0.4 is 15.5 Å². The van der Waals surface area contributed by atoms with Gasteiger partial charge in [0.05, 0.1) is 6.54 Å². The van der Waals surface area contributed by atoms with E-state index in [-0.39, 0.29) is 5.91 Å². The zero-order valence-electron chi connectivity index (χ0n) is 11.2. The van der Waals surface area contributed by atoms with Crippen LogP contribution in [0, 0.1) is 0 Å². The fourth-order valence-electron chi connectivity index (χ4n) is 2.14. The van der Waals surface area contributed by atoms with Crippen LogP contribution in [0.25, 0.3) is 0 Å². The van der Waals surface area contributed by atoms with Gasteiger partial charge >= 0.3 is 0 Å². The molecular formula is C14H20BrN3O. The van der Waals surface area contributed by atoms with Crippen molar-refractivity contribution in [1.82, 2.24) is 10.6 Å². The van der Waals surface area contributed by atoms with E-state index in [1.54, 1.807) is 0 Å². The molecule has 0 unspecified atom stereocenters. The van der Waals surface area contributed by atoms with Crippen molar-refractivity contribution in [3.8, 4) is 0 Å². The summed E-state index contributed by atoms with van der Waals surface area (Å²) in [7, 11) is 0. The number of hydrogen-bond donors (Lipinski definition) is 2. The molecule has 1 amide bonds. The third-order valence-corrected chi connectivity index (χ3v) is 3.92. The number of nitrogens with zero attached hydrogens (tertiary/aromatic N) is 1. The lowest BCUT2D eigenvalue weighted by molar-refractivity contribution is -0.120. The van der Waals surface area contributed by atoms with Crippen LogP contribution in [0.2, 0.25) is 0 Å². The first kappa shape index (κ1) is 14.3. The minimum Gasteiger partial charge on any atom is -0.360 e. The Hall–Kier alpha value is -1.07. The summed E-state index contributed by atoms with van der Waals surface area (Å²) in [5, 5.41) is 6.23. The van der Waals surface area contributed by atoms with E-state index < -0.39 is 0 Å². The summed E-state index contributed by atoms with van der Waals surface area (Å²) in [4.78, 5) is 13.5. The second-order valence-corrected chi connectivity index (χ2v) is 5.58. The van der Waals surface area contributed by atoms with Crippen molar-refractivity contribution in [3.05, 3.63) is 28.2 Å². The first-order valence-electron chi connectivity index (χ1n) is 6.71. The van der Waals surface area contributed by atoms with Crippen LogP contribution in [-0.2, 0) is 11.3 Å². The summed E-state index contributed by atoms with van der Waals surface area (Å²) in [6, 6.07) is 6.31. The molecule has 0 aromatic heterocycles. The van der Waals surface area contributed by atoms with Crippen molar-refractivity contribution < 1.29 is 4.79 Å². The standard InChI is InChI=1S/C14H20BrN3O/c1-2-5-16-9-11-3-4-12(8-13(11)15)18-7-6-17-14(19)10-18/h3-4,8,16H,2,5-7,9-10H2,1H3,(H,17,19). The first-order chi connectivity index (χ1) is 9.20. The van der Waals surface area contributed by atoms with Gasteiger partial charge in [-0.3, -0.25) is 4.79 Å². The highest BCUT2D eigenvalue weighted by Crippen LogP contribution is 2.24. The summed E-state index contributed by atoms with van der Waals surface area (Å²) in [6.45, 7) is 6.09. The molecule has 0 bridgehead atoms. The average molecular weight is 326 g/mol. The van der Waals surface area contributed by atoms with Crippen LogP contribution in [-0.4, -0.2) is 32.1 Å². The maximum Gasteiger partial charge on any atom is 0.239 e. The molecule has 1 saturated heterocycles. The molecule has 2 N–H and O–H groups in total. The Labute approximate surface area is 122 Å². The SMILES string of the molecule is CCCNCc1ccc(N2CCNC(=O)C2)cc1Br. The summed E-state index contributed by atoms with van der Waals surface area (Å²) < 4.78 is 1.10. The smallest absolute Gasteiger partial charge is 0.239 e. The van der Waals surface area contributed by atoms with Gasteiger partial charge in [0.25, 0.3) is 0 Å². The van der Waals surface area contributed by atoms with Crippen molar-refractivity contribution in [2.24, 2.45) is 0 Å². The Kier molecular flexibility index (Phi) is 5.22. The molecule has 19 heavy (non-hydrogen) atoms.